The predicted molar refractivity (Wildman–Crippen MR) is 48.6 cm³/mol. The second-order valence-corrected chi connectivity index (χ2v) is 3.32. The van der Waals surface area contributed by atoms with Crippen LogP contribution in [0, 0.1) is 0 Å². The predicted octanol–water partition coefficient (Wildman–Crippen LogP) is 0.560. The minimum Gasteiger partial charge on any atom is -0.459 e. The van der Waals surface area contributed by atoms with Gasteiger partial charge in [-0.1, -0.05) is 0 Å². The molecule has 2 heterocycles. The molecular weight excluding hydrogens is 166 g/mol. The fourth-order valence-electron chi connectivity index (χ4n) is 1.49. The van der Waals surface area contributed by atoms with E-state index in [1.165, 1.54) is 0 Å². The van der Waals surface area contributed by atoms with Crippen molar-refractivity contribution in [2.75, 3.05) is 20.1 Å². The van der Waals surface area contributed by atoms with E-state index in [1.54, 1.807) is 18.5 Å². The summed E-state index contributed by atoms with van der Waals surface area (Å²) in [4.78, 5) is 10.3. The highest BCUT2D eigenvalue weighted by atomic mass is 16.5. The van der Waals surface area contributed by atoms with Gasteiger partial charge in [-0.05, 0) is 19.5 Å². The van der Waals surface area contributed by atoms with Gasteiger partial charge < -0.3 is 9.64 Å². The Labute approximate surface area is 77.6 Å². The van der Waals surface area contributed by atoms with Gasteiger partial charge in [0, 0.05) is 25.5 Å². The van der Waals surface area contributed by atoms with Gasteiger partial charge in [-0.15, -0.1) is 0 Å². The third-order valence-electron chi connectivity index (χ3n) is 2.16. The first-order chi connectivity index (χ1) is 6.34. The van der Waals surface area contributed by atoms with Crippen LogP contribution in [0.3, 0.4) is 0 Å². The van der Waals surface area contributed by atoms with Crippen molar-refractivity contribution in [2.24, 2.45) is 0 Å². The molecule has 1 aromatic heterocycles. The van der Waals surface area contributed by atoms with Gasteiger partial charge in [-0.25, -0.2) is 9.97 Å². The van der Waals surface area contributed by atoms with E-state index in [-0.39, 0.29) is 6.10 Å². The minimum atomic E-state index is 0.257. The molecule has 0 saturated carbocycles. The zero-order chi connectivity index (χ0) is 9.10. The fraction of sp³-hybridized carbons (Fsp3) is 0.556. The monoisotopic (exact) mass is 179 g/mol. The third-order valence-corrected chi connectivity index (χ3v) is 2.16. The lowest BCUT2D eigenvalue weighted by Gasteiger charge is -2.10. The summed E-state index contributed by atoms with van der Waals surface area (Å²) < 4.78 is 5.58. The van der Waals surface area contributed by atoms with Crippen LogP contribution in [0.25, 0.3) is 0 Å². The topological polar surface area (TPSA) is 38.2 Å². The summed E-state index contributed by atoms with van der Waals surface area (Å²) in [6.45, 7) is 2.07. The second-order valence-electron chi connectivity index (χ2n) is 3.32. The van der Waals surface area contributed by atoms with Crippen LogP contribution < -0.4 is 4.74 Å². The molecule has 0 N–H and O–H groups in total. The Morgan fingerprint density at radius 1 is 1.46 bits per heavy atom. The Balaban J connectivity index is 1.92. The first kappa shape index (κ1) is 8.44. The van der Waals surface area contributed by atoms with Crippen LogP contribution in [0.4, 0.5) is 0 Å². The highest BCUT2D eigenvalue weighted by Crippen LogP contribution is 2.12. The number of likely N-dealkylation sites (tertiary alicyclic amines) is 1. The van der Waals surface area contributed by atoms with Crippen molar-refractivity contribution in [2.45, 2.75) is 12.5 Å². The van der Waals surface area contributed by atoms with Crippen LogP contribution in [0.15, 0.2) is 18.5 Å². The highest BCUT2D eigenvalue weighted by molar-refractivity contribution is 4.95. The first-order valence-corrected chi connectivity index (χ1v) is 4.47. The molecule has 1 aliphatic heterocycles. The quantitative estimate of drug-likeness (QED) is 0.665. The van der Waals surface area contributed by atoms with Crippen molar-refractivity contribution in [3.05, 3.63) is 18.5 Å². The molecule has 4 heteroatoms. The third kappa shape index (κ3) is 2.15. The van der Waals surface area contributed by atoms with Crippen LogP contribution in [-0.4, -0.2) is 41.1 Å². The molecule has 0 spiro atoms. The van der Waals surface area contributed by atoms with Crippen molar-refractivity contribution in [3.63, 3.8) is 0 Å². The van der Waals surface area contributed by atoms with E-state index < -0.39 is 0 Å². The zero-order valence-corrected chi connectivity index (χ0v) is 7.68. The number of aromatic nitrogens is 2. The lowest BCUT2D eigenvalue weighted by Crippen LogP contribution is -2.22. The van der Waals surface area contributed by atoms with Crippen molar-refractivity contribution < 1.29 is 4.74 Å². The molecule has 0 aromatic carbocycles. The molecule has 0 aliphatic carbocycles. The Bertz CT molecular complexity index is 265. The van der Waals surface area contributed by atoms with Crippen LogP contribution in [0.2, 0.25) is 0 Å². The number of rotatable bonds is 2. The average Bonchev–Trinajstić information content (AvgIpc) is 2.53. The van der Waals surface area contributed by atoms with E-state index in [0.29, 0.717) is 6.01 Å². The highest BCUT2D eigenvalue weighted by Gasteiger charge is 2.21. The minimum absolute atomic E-state index is 0.257. The van der Waals surface area contributed by atoms with Gasteiger partial charge in [0.25, 0.3) is 0 Å². The molecule has 1 aliphatic rings. The Morgan fingerprint density at radius 3 is 2.85 bits per heavy atom. The molecule has 1 aromatic rings. The lowest BCUT2D eigenvalue weighted by atomic mass is 10.3. The summed E-state index contributed by atoms with van der Waals surface area (Å²) in [6, 6.07) is 2.27. The molecule has 2 rings (SSSR count). The summed E-state index contributed by atoms with van der Waals surface area (Å²) in [5.74, 6) is 0. The van der Waals surface area contributed by atoms with Crippen LogP contribution >= 0.6 is 0 Å². The maximum atomic E-state index is 5.58. The Kier molecular flexibility index (Phi) is 2.40. The van der Waals surface area contributed by atoms with E-state index in [4.69, 9.17) is 4.74 Å². The Hall–Kier alpha value is -1.16. The summed E-state index contributed by atoms with van der Waals surface area (Å²) in [6.07, 6.45) is 4.71. The van der Waals surface area contributed by atoms with Gasteiger partial charge in [0.1, 0.15) is 6.10 Å². The molecule has 70 valence electrons. The van der Waals surface area contributed by atoms with Gasteiger partial charge in [0.2, 0.25) is 0 Å². The van der Waals surface area contributed by atoms with Crippen molar-refractivity contribution in [1.29, 1.82) is 0 Å². The fourth-order valence-corrected chi connectivity index (χ4v) is 1.49. The molecule has 0 bridgehead atoms. The number of nitrogens with zero attached hydrogens (tertiary/aromatic N) is 3. The molecular formula is C9H13N3O. The molecule has 0 unspecified atom stereocenters. The number of hydrogen-bond acceptors (Lipinski definition) is 4. The molecule has 0 radical (unpaired) electrons. The normalized spacial score (nSPS) is 23.3. The van der Waals surface area contributed by atoms with E-state index >= 15 is 0 Å². The lowest BCUT2D eigenvalue weighted by molar-refractivity contribution is 0.191. The van der Waals surface area contributed by atoms with Gasteiger partial charge in [-0.3, -0.25) is 0 Å². The van der Waals surface area contributed by atoms with E-state index in [1.807, 2.05) is 0 Å². The molecule has 1 fully saturated rings. The van der Waals surface area contributed by atoms with Gasteiger partial charge in [0.05, 0.1) is 0 Å². The zero-order valence-electron chi connectivity index (χ0n) is 7.68. The summed E-state index contributed by atoms with van der Waals surface area (Å²) >= 11 is 0. The standard InChI is InChI=1S/C9H13N3O/c1-12-6-3-8(7-12)13-9-10-4-2-5-11-9/h2,4-5,8H,3,6-7H2,1H3/t8-/m0/s1. The van der Waals surface area contributed by atoms with Crippen molar-refractivity contribution in [1.82, 2.24) is 14.9 Å². The van der Waals surface area contributed by atoms with Gasteiger partial charge in [-0.2, -0.15) is 0 Å². The van der Waals surface area contributed by atoms with Crippen molar-refractivity contribution in [3.8, 4) is 6.01 Å². The summed E-state index contributed by atoms with van der Waals surface area (Å²) in [5, 5.41) is 0. The smallest absolute Gasteiger partial charge is 0.316 e. The maximum absolute atomic E-state index is 5.58. The van der Waals surface area contributed by atoms with Crippen LogP contribution in [-0.2, 0) is 0 Å². The molecule has 1 saturated heterocycles. The maximum Gasteiger partial charge on any atom is 0.316 e. The second kappa shape index (κ2) is 3.70. The number of hydrogen-bond donors (Lipinski definition) is 0. The number of likely N-dealkylation sites (N-methyl/N-ethyl adjacent to an activating group) is 1. The van der Waals surface area contributed by atoms with E-state index in [2.05, 4.69) is 21.9 Å². The average molecular weight is 179 g/mol. The van der Waals surface area contributed by atoms with E-state index in [0.717, 1.165) is 19.5 Å². The van der Waals surface area contributed by atoms with Crippen LogP contribution in [0.1, 0.15) is 6.42 Å². The van der Waals surface area contributed by atoms with Crippen LogP contribution in [0.5, 0.6) is 6.01 Å². The molecule has 13 heavy (non-hydrogen) atoms. The molecule has 4 nitrogen and oxygen atoms in total. The molecule has 0 amide bonds. The van der Waals surface area contributed by atoms with Crippen molar-refractivity contribution >= 4 is 0 Å². The summed E-state index contributed by atoms with van der Waals surface area (Å²) in [7, 11) is 2.09. The Morgan fingerprint density at radius 2 is 2.23 bits per heavy atom. The first-order valence-electron chi connectivity index (χ1n) is 4.47. The largest absolute Gasteiger partial charge is 0.459 e. The number of ether oxygens (including phenoxy) is 1. The molecule has 1 atom stereocenters. The van der Waals surface area contributed by atoms with E-state index in [9.17, 15) is 0 Å². The van der Waals surface area contributed by atoms with Gasteiger partial charge in [0.15, 0.2) is 0 Å². The van der Waals surface area contributed by atoms with Gasteiger partial charge >= 0.3 is 6.01 Å². The summed E-state index contributed by atoms with van der Waals surface area (Å²) in [5.41, 5.74) is 0. The SMILES string of the molecule is CN1CC[C@H](Oc2ncccn2)C1.